The van der Waals surface area contributed by atoms with E-state index in [0.717, 1.165) is 22.9 Å². The minimum Gasteiger partial charge on any atom is -0.494 e. The molecule has 150 valence electrons. The van der Waals surface area contributed by atoms with Crippen LogP contribution in [0, 0.1) is 13.8 Å². The molecular weight excluding hydrogens is 386 g/mol. The van der Waals surface area contributed by atoms with Crippen LogP contribution in [0.2, 0.25) is 0 Å². The lowest BCUT2D eigenvalue weighted by molar-refractivity contribution is -0.113. The lowest BCUT2D eigenvalue weighted by Crippen LogP contribution is -2.14. The second-order valence-electron chi connectivity index (χ2n) is 6.30. The summed E-state index contributed by atoms with van der Waals surface area (Å²) >= 11 is 1.32. The molecule has 0 aliphatic heterocycles. The van der Waals surface area contributed by atoms with Crippen molar-refractivity contribution in [3.8, 4) is 17.2 Å². The number of aromatic nitrogens is 2. The Hall–Kier alpha value is -3.06. The fourth-order valence-electron chi connectivity index (χ4n) is 2.60. The van der Waals surface area contributed by atoms with Crippen molar-refractivity contribution in [2.75, 3.05) is 17.7 Å². The molecule has 1 heterocycles. The van der Waals surface area contributed by atoms with Gasteiger partial charge in [-0.05, 0) is 75.4 Å². The van der Waals surface area contributed by atoms with Crippen LogP contribution in [0.1, 0.15) is 18.3 Å². The van der Waals surface area contributed by atoms with Crippen LogP contribution >= 0.6 is 11.8 Å². The highest BCUT2D eigenvalue weighted by atomic mass is 32.2. The summed E-state index contributed by atoms with van der Waals surface area (Å²) in [7, 11) is 0. The number of anilines is 1. The fourth-order valence-corrected chi connectivity index (χ4v) is 3.35. The van der Waals surface area contributed by atoms with Crippen molar-refractivity contribution in [3.63, 3.8) is 0 Å². The van der Waals surface area contributed by atoms with Gasteiger partial charge in [0.05, 0.1) is 12.4 Å². The smallest absolute Gasteiger partial charge is 0.234 e. The Balaban J connectivity index is 1.51. The molecule has 0 radical (unpaired) electrons. The highest BCUT2D eigenvalue weighted by molar-refractivity contribution is 7.99. The molecule has 3 rings (SSSR count). The molecule has 6 nitrogen and oxygen atoms in total. The quantitative estimate of drug-likeness (QED) is 0.416. The molecule has 0 fully saturated rings. The molecule has 1 amide bonds. The minimum atomic E-state index is -0.113. The van der Waals surface area contributed by atoms with Crippen molar-refractivity contribution in [1.29, 1.82) is 0 Å². The lowest BCUT2D eigenvalue weighted by atomic mass is 10.3. The summed E-state index contributed by atoms with van der Waals surface area (Å²) < 4.78 is 11.2. The molecule has 0 atom stereocenters. The number of hydrogen-bond acceptors (Lipinski definition) is 6. The van der Waals surface area contributed by atoms with Gasteiger partial charge in [-0.15, -0.1) is 0 Å². The number of nitrogens with one attached hydrogen (secondary N) is 1. The fraction of sp³-hybridized carbons (Fsp3) is 0.227. The van der Waals surface area contributed by atoms with Crippen molar-refractivity contribution in [3.05, 3.63) is 66.0 Å². The van der Waals surface area contributed by atoms with Crippen molar-refractivity contribution >= 4 is 23.4 Å². The van der Waals surface area contributed by atoms with Gasteiger partial charge in [-0.2, -0.15) is 0 Å². The van der Waals surface area contributed by atoms with E-state index in [1.165, 1.54) is 11.8 Å². The molecular formula is C22H23N3O3S. The van der Waals surface area contributed by atoms with Gasteiger partial charge in [-0.25, -0.2) is 9.97 Å². The Morgan fingerprint density at radius 2 is 1.48 bits per heavy atom. The van der Waals surface area contributed by atoms with Gasteiger partial charge in [0.1, 0.15) is 17.2 Å². The zero-order valence-electron chi connectivity index (χ0n) is 16.6. The molecule has 0 saturated carbocycles. The lowest BCUT2D eigenvalue weighted by Gasteiger charge is -2.09. The van der Waals surface area contributed by atoms with E-state index in [2.05, 4.69) is 15.3 Å². The standard InChI is InChI=1S/C22H23N3O3S/c1-4-27-18-9-11-20(12-10-18)28-19-7-5-17(6-8-19)25-21(26)14-29-22-23-15(2)13-16(3)24-22/h5-13H,4,14H2,1-3H3,(H,25,26). The van der Waals surface area contributed by atoms with Crippen LogP contribution in [0.15, 0.2) is 59.8 Å². The van der Waals surface area contributed by atoms with E-state index in [4.69, 9.17) is 9.47 Å². The van der Waals surface area contributed by atoms with Gasteiger partial charge in [0, 0.05) is 17.1 Å². The maximum Gasteiger partial charge on any atom is 0.234 e. The molecule has 29 heavy (non-hydrogen) atoms. The number of ether oxygens (including phenoxy) is 2. The van der Waals surface area contributed by atoms with Gasteiger partial charge >= 0.3 is 0 Å². The van der Waals surface area contributed by atoms with Crippen LogP contribution < -0.4 is 14.8 Å². The third-order valence-corrected chi connectivity index (χ3v) is 4.65. The summed E-state index contributed by atoms with van der Waals surface area (Å²) in [5, 5.41) is 3.47. The van der Waals surface area contributed by atoms with Crippen molar-refractivity contribution < 1.29 is 14.3 Å². The van der Waals surface area contributed by atoms with Crippen molar-refractivity contribution in [2.45, 2.75) is 25.9 Å². The van der Waals surface area contributed by atoms with Crippen LogP contribution in [-0.2, 0) is 4.79 Å². The maximum atomic E-state index is 12.2. The number of carbonyl (C=O) groups excluding carboxylic acids is 1. The van der Waals surface area contributed by atoms with Crippen LogP contribution in [0.3, 0.4) is 0 Å². The molecule has 0 spiro atoms. The largest absolute Gasteiger partial charge is 0.494 e. The van der Waals surface area contributed by atoms with E-state index in [0.29, 0.717) is 23.2 Å². The summed E-state index contributed by atoms with van der Waals surface area (Å²) in [6.45, 7) is 6.40. The number of nitrogens with zero attached hydrogens (tertiary/aromatic N) is 2. The topological polar surface area (TPSA) is 73.3 Å². The SMILES string of the molecule is CCOc1ccc(Oc2ccc(NC(=O)CSc3nc(C)cc(C)n3)cc2)cc1. The second-order valence-corrected chi connectivity index (χ2v) is 7.24. The molecule has 0 aliphatic carbocycles. The molecule has 3 aromatic rings. The number of benzene rings is 2. The molecule has 2 aromatic carbocycles. The Morgan fingerprint density at radius 3 is 2.07 bits per heavy atom. The first-order valence-corrected chi connectivity index (χ1v) is 10.3. The number of carbonyl (C=O) groups is 1. The highest BCUT2D eigenvalue weighted by Gasteiger charge is 2.07. The molecule has 0 bridgehead atoms. The maximum absolute atomic E-state index is 12.2. The number of thioether (sulfide) groups is 1. The Labute approximate surface area is 174 Å². The van der Waals surface area contributed by atoms with Crippen LogP contribution in [0.5, 0.6) is 17.2 Å². The summed E-state index contributed by atoms with van der Waals surface area (Å²) in [5.41, 5.74) is 2.49. The Kier molecular flexibility index (Phi) is 7.08. The first-order chi connectivity index (χ1) is 14.0. The Morgan fingerprint density at radius 1 is 0.931 bits per heavy atom. The van der Waals surface area contributed by atoms with Gasteiger partial charge in [0.25, 0.3) is 0 Å². The van der Waals surface area contributed by atoms with E-state index in [-0.39, 0.29) is 11.7 Å². The van der Waals surface area contributed by atoms with Crippen LogP contribution in [0.4, 0.5) is 5.69 Å². The summed E-state index contributed by atoms with van der Waals surface area (Å²) in [6, 6.07) is 16.6. The van der Waals surface area contributed by atoms with Gasteiger partial charge in [0.15, 0.2) is 5.16 Å². The number of amides is 1. The molecule has 0 aliphatic rings. The van der Waals surface area contributed by atoms with E-state index in [1.54, 1.807) is 12.1 Å². The number of aryl methyl sites for hydroxylation is 2. The van der Waals surface area contributed by atoms with E-state index >= 15 is 0 Å². The van der Waals surface area contributed by atoms with E-state index in [1.807, 2.05) is 63.2 Å². The zero-order valence-corrected chi connectivity index (χ0v) is 17.5. The number of rotatable bonds is 8. The van der Waals surface area contributed by atoms with Gasteiger partial charge < -0.3 is 14.8 Å². The van der Waals surface area contributed by atoms with Gasteiger partial charge in [-0.3, -0.25) is 4.79 Å². The first-order valence-electron chi connectivity index (χ1n) is 9.27. The monoisotopic (exact) mass is 409 g/mol. The third-order valence-electron chi connectivity index (χ3n) is 3.80. The van der Waals surface area contributed by atoms with Gasteiger partial charge in [0.2, 0.25) is 5.91 Å². The summed E-state index contributed by atoms with van der Waals surface area (Å²) in [5.74, 6) is 2.34. The predicted molar refractivity (Wildman–Crippen MR) is 115 cm³/mol. The average molecular weight is 410 g/mol. The molecule has 1 aromatic heterocycles. The molecule has 0 saturated heterocycles. The first kappa shape index (κ1) is 20.7. The normalized spacial score (nSPS) is 10.4. The Bertz CT molecular complexity index is 940. The third kappa shape index (κ3) is 6.50. The van der Waals surface area contributed by atoms with E-state index in [9.17, 15) is 4.79 Å². The average Bonchev–Trinajstić information content (AvgIpc) is 2.69. The predicted octanol–water partition coefficient (Wildman–Crippen LogP) is 5.02. The van der Waals surface area contributed by atoms with Crippen molar-refractivity contribution in [2.24, 2.45) is 0 Å². The van der Waals surface area contributed by atoms with Crippen LogP contribution in [0.25, 0.3) is 0 Å². The van der Waals surface area contributed by atoms with Gasteiger partial charge in [-0.1, -0.05) is 11.8 Å². The summed E-state index contributed by atoms with van der Waals surface area (Å²) in [6.07, 6.45) is 0. The highest BCUT2D eigenvalue weighted by Crippen LogP contribution is 2.25. The number of hydrogen-bond donors (Lipinski definition) is 1. The van der Waals surface area contributed by atoms with Crippen molar-refractivity contribution in [1.82, 2.24) is 9.97 Å². The van der Waals surface area contributed by atoms with Crippen LogP contribution in [-0.4, -0.2) is 28.2 Å². The second kappa shape index (κ2) is 9.93. The summed E-state index contributed by atoms with van der Waals surface area (Å²) in [4.78, 5) is 20.8. The minimum absolute atomic E-state index is 0.113. The van der Waals surface area contributed by atoms with E-state index < -0.39 is 0 Å². The molecule has 1 N–H and O–H groups in total. The zero-order chi connectivity index (χ0) is 20.6. The molecule has 7 heteroatoms. The molecule has 0 unspecified atom stereocenters.